The zero-order valence-corrected chi connectivity index (χ0v) is 10.7. The number of hydrogen-bond acceptors (Lipinski definition) is 4. The number of nitrogens with one attached hydrogen (secondary N) is 1. The second-order valence-electron chi connectivity index (χ2n) is 3.64. The molecule has 0 aliphatic rings. The number of nitrogens with two attached hydrogens (primary N) is 1. The van der Waals surface area contributed by atoms with Crippen LogP contribution < -0.4 is 11.1 Å². The number of halogens is 2. The molecule has 6 heteroatoms. The number of nitrogen functional groups attached to an aromatic ring is 1. The molecule has 0 saturated carbocycles. The lowest BCUT2D eigenvalue weighted by Crippen LogP contribution is -2.03. The van der Waals surface area contributed by atoms with E-state index in [0.717, 1.165) is 11.5 Å². The fraction of sp³-hybridized carbons (Fsp3) is 0.182. The highest BCUT2D eigenvalue weighted by Crippen LogP contribution is 2.26. The van der Waals surface area contributed by atoms with Gasteiger partial charge in [0.25, 0.3) is 0 Å². The van der Waals surface area contributed by atoms with Gasteiger partial charge in [0.15, 0.2) is 0 Å². The average Bonchev–Trinajstić information content (AvgIpc) is 2.68. The second kappa shape index (κ2) is 4.75. The quantitative estimate of drug-likeness (QED) is 0.855. The summed E-state index contributed by atoms with van der Waals surface area (Å²) < 4.78 is 18.4. The third kappa shape index (κ3) is 2.76. The van der Waals surface area contributed by atoms with Crippen LogP contribution in [-0.4, -0.2) is 5.16 Å². The number of nitrogens with zero attached hydrogens (tertiary/aromatic N) is 1. The third-order valence-corrected chi connectivity index (χ3v) is 2.84. The van der Waals surface area contributed by atoms with E-state index in [-0.39, 0.29) is 5.82 Å². The molecule has 2 rings (SSSR count). The summed E-state index contributed by atoms with van der Waals surface area (Å²) in [6.45, 7) is 2.29. The first-order valence-electron chi connectivity index (χ1n) is 4.97. The van der Waals surface area contributed by atoms with Crippen LogP contribution in [0.5, 0.6) is 0 Å². The van der Waals surface area contributed by atoms with Gasteiger partial charge in [0.1, 0.15) is 17.3 Å². The van der Waals surface area contributed by atoms with E-state index in [4.69, 9.17) is 10.3 Å². The molecule has 0 bridgehead atoms. The highest BCUT2D eigenvalue weighted by Gasteiger charge is 2.06. The van der Waals surface area contributed by atoms with E-state index >= 15 is 0 Å². The number of rotatable bonds is 3. The minimum atomic E-state index is -0.384. The van der Waals surface area contributed by atoms with E-state index in [1.54, 1.807) is 6.07 Å². The van der Waals surface area contributed by atoms with Crippen molar-refractivity contribution >= 4 is 27.3 Å². The van der Waals surface area contributed by atoms with Crippen molar-refractivity contribution in [2.75, 3.05) is 11.1 Å². The molecule has 90 valence electrons. The molecule has 0 aliphatic heterocycles. The Kier molecular flexibility index (Phi) is 3.33. The first kappa shape index (κ1) is 11.9. The first-order chi connectivity index (χ1) is 8.06. The predicted molar refractivity (Wildman–Crippen MR) is 67.1 cm³/mol. The monoisotopic (exact) mass is 299 g/mol. The van der Waals surface area contributed by atoms with Crippen molar-refractivity contribution in [3.05, 3.63) is 39.9 Å². The Labute approximate surface area is 106 Å². The van der Waals surface area contributed by atoms with Crippen LogP contribution in [0.4, 0.5) is 15.8 Å². The minimum absolute atomic E-state index is 0.353. The first-order valence-corrected chi connectivity index (χ1v) is 5.76. The Morgan fingerprint density at radius 2 is 2.24 bits per heavy atom. The molecule has 0 saturated heterocycles. The van der Waals surface area contributed by atoms with Crippen LogP contribution in [0.2, 0.25) is 0 Å². The SMILES string of the molecule is Cc1cc(CNc2cc(Br)c(F)cc2N)no1. The smallest absolute Gasteiger partial charge is 0.139 e. The minimum Gasteiger partial charge on any atom is -0.397 e. The topological polar surface area (TPSA) is 64.1 Å². The van der Waals surface area contributed by atoms with Crippen molar-refractivity contribution in [2.24, 2.45) is 0 Å². The molecule has 0 amide bonds. The van der Waals surface area contributed by atoms with Crippen molar-refractivity contribution in [2.45, 2.75) is 13.5 Å². The Morgan fingerprint density at radius 1 is 1.47 bits per heavy atom. The maximum atomic E-state index is 13.1. The molecule has 4 nitrogen and oxygen atoms in total. The Balaban J connectivity index is 2.11. The van der Waals surface area contributed by atoms with Gasteiger partial charge >= 0.3 is 0 Å². The van der Waals surface area contributed by atoms with E-state index in [2.05, 4.69) is 26.4 Å². The average molecular weight is 300 g/mol. The number of benzene rings is 1. The molecule has 2 aromatic rings. The van der Waals surface area contributed by atoms with E-state index in [1.165, 1.54) is 6.07 Å². The molecule has 1 heterocycles. The maximum absolute atomic E-state index is 13.1. The van der Waals surface area contributed by atoms with Gasteiger partial charge in [-0.05, 0) is 28.9 Å². The second-order valence-corrected chi connectivity index (χ2v) is 4.49. The Morgan fingerprint density at radius 3 is 2.88 bits per heavy atom. The standard InChI is InChI=1S/C11H11BrFN3O/c1-6-2-7(16-17-6)5-15-11-3-8(12)9(13)4-10(11)14/h2-4,15H,5,14H2,1H3. The molecule has 3 N–H and O–H groups in total. The summed E-state index contributed by atoms with van der Waals surface area (Å²) in [7, 11) is 0. The van der Waals surface area contributed by atoms with Crippen LogP contribution >= 0.6 is 15.9 Å². The summed E-state index contributed by atoms with van der Waals surface area (Å²) in [6.07, 6.45) is 0. The van der Waals surface area contributed by atoms with E-state index < -0.39 is 0 Å². The fourth-order valence-corrected chi connectivity index (χ4v) is 1.75. The van der Waals surface area contributed by atoms with Crippen LogP contribution in [-0.2, 0) is 6.54 Å². The maximum Gasteiger partial charge on any atom is 0.139 e. The molecule has 0 unspecified atom stereocenters. The van der Waals surface area contributed by atoms with Crippen LogP contribution in [0, 0.1) is 12.7 Å². The highest BCUT2D eigenvalue weighted by molar-refractivity contribution is 9.10. The van der Waals surface area contributed by atoms with E-state index in [9.17, 15) is 4.39 Å². The number of anilines is 2. The van der Waals surface area contributed by atoms with Gasteiger partial charge in [-0.3, -0.25) is 0 Å². The van der Waals surface area contributed by atoms with Gasteiger partial charge in [-0.15, -0.1) is 0 Å². The summed E-state index contributed by atoms with van der Waals surface area (Å²) in [5, 5.41) is 6.90. The summed E-state index contributed by atoms with van der Waals surface area (Å²) >= 11 is 3.11. The molecular weight excluding hydrogens is 289 g/mol. The molecular formula is C11H11BrFN3O. The Hall–Kier alpha value is -1.56. The molecule has 0 aliphatic carbocycles. The van der Waals surface area contributed by atoms with Gasteiger partial charge in [0, 0.05) is 12.1 Å². The molecule has 0 atom stereocenters. The lowest BCUT2D eigenvalue weighted by molar-refractivity contribution is 0.391. The third-order valence-electron chi connectivity index (χ3n) is 2.23. The van der Waals surface area contributed by atoms with Gasteiger partial charge < -0.3 is 15.6 Å². The number of aromatic nitrogens is 1. The summed E-state index contributed by atoms with van der Waals surface area (Å²) in [6, 6.07) is 4.68. The van der Waals surface area contributed by atoms with Crippen molar-refractivity contribution in [1.29, 1.82) is 0 Å². The van der Waals surface area contributed by atoms with Crippen molar-refractivity contribution in [3.63, 3.8) is 0 Å². The van der Waals surface area contributed by atoms with E-state index in [0.29, 0.717) is 22.4 Å². The number of aryl methyl sites for hydroxylation is 1. The zero-order valence-electron chi connectivity index (χ0n) is 9.13. The van der Waals surface area contributed by atoms with Crippen LogP contribution in [0.1, 0.15) is 11.5 Å². The van der Waals surface area contributed by atoms with Crippen molar-refractivity contribution < 1.29 is 8.91 Å². The fourth-order valence-electron chi connectivity index (χ4n) is 1.40. The van der Waals surface area contributed by atoms with Crippen LogP contribution in [0.15, 0.2) is 27.2 Å². The largest absolute Gasteiger partial charge is 0.397 e. The molecule has 1 aromatic heterocycles. The van der Waals surface area contributed by atoms with Crippen molar-refractivity contribution in [3.8, 4) is 0 Å². The van der Waals surface area contributed by atoms with Gasteiger partial charge in [-0.2, -0.15) is 0 Å². The molecule has 0 radical (unpaired) electrons. The normalized spacial score (nSPS) is 10.5. The summed E-state index contributed by atoms with van der Waals surface area (Å²) in [5.41, 5.74) is 7.46. The van der Waals surface area contributed by atoms with E-state index in [1.807, 2.05) is 13.0 Å². The van der Waals surface area contributed by atoms with Crippen LogP contribution in [0.25, 0.3) is 0 Å². The predicted octanol–water partition coefficient (Wildman–Crippen LogP) is 3.08. The zero-order chi connectivity index (χ0) is 12.4. The lowest BCUT2D eigenvalue weighted by Gasteiger charge is -2.08. The summed E-state index contributed by atoms with van der Waals surface area (Å²) in [4.78, 5) is 0. The summed E-state index contributed by atoms with van der Waals surface area (Å²) in [5.74, 6) is 0.361. The van der Waals surface area contributed by atoms with Crippen molar-refractivity contribution in [1.82, 2.24) is 5.16 Å². The molecule has 17 heavy (non-hydrogen) atoms. The van der Waals surface area contributed by atoms with Gasteiger partial charge in [-0.1, -0.05) is 5.16 Å². The molecule has 0 spiro atoms. The Bertz CT molecular complexity index is 542. The van der Waals surface area contributed by atoms with Gasteiger partial charge in [0.05, 0.1) is 22.4 Å². The van der Waals surface area contributed by atoms with Gasteiger partial charge in [-0.25, -0.2) is 4.39 Å². The molecule has 1 aromatic carbocycles. The number of hydrogen-bond donors (Lipinski definition) is 2. The highest BCUT2D eigenvalue weighted by atomic mass is 79.9. The van der Waals surface area contributed by atoms with Gasteiger partial charge in [0.2, 0.25) is 0 Å². The molecule has 0 fully saturated rings. The lowest BCUT2D eigenvalue weighted by atomic mass is 10.2. The van der Waals surface area contributed by atoms with Crippen LogP contribution in [0.3, 0.4) is 0 Å².